The largest absolute Gasteiger partial charge is 0.310 e. The predicted octanol–water partition coefficient (Wildman–Crippen LogP) is 19.8. The summed E-state index contributed by atoms with van der Waals surface area (Å²) >= 11 is 0. The van der Waals surface area contributed by atoms with Crippen molar-refractivity contribution >= 4 is 84.9 Å². The van der Waals surface area contributed by atoms with Gasteiger partial charge in [0.05, 0.1) is 16.1 Å². The van der Waals surface area contributed by atoms with Crippen molar-refractivity contribution in [3.8, 4) is 33.4 Å². The highest BCUT2D eigenvalue weighted by Gasteiger charge is 2.39. The first-order valence-corrected chi connectivity index (χ1v) is 36.5. The lowest BCUT2D eigenvalue weighted by Crippen LogP contribution is -2.37. The van der Waals surface area contributed by atoms with Crippen molar-refractivity contribution in [1.29, 1.82) is 0 Å². The van der Waals surface area contributed by atoms with Crippen molar-refractivity contribution in [3.05, 3.63) is 262 Å². The lowest BCUT2D eigenvalue weighted by molar-refractivity contribution is 0.660. The van der Waals surface area contributed by atoms with Gasteiger partial charge in [-0.1, -0.05) is 225 Å². The van der Waals surface area contributed by atoms with E-state index in [0.29, 0.717) is 0 Å². The standard InChI is InChI=1S/C77H74N4Si2/c1-75(2)69-45-51(13-15-53-19-33-65-67-35-25-59(49-73(67)76(3,4)71(65)47-53)80(57-37-41-78-42-38-57)55-21-27-61(28-22-55)82(7,8)9)17-31-63(69)64-32-18-52(46-70(64)75)14-16-54-20-34-66-68-36-26-60(50-74(68)77(5,6)72(66)48-54)81(58-39-43-79-44-40-58)56-23-29-62(30-24-56)83(10,11)12/h13-50H,1-12H3/b15-13+,16-14+. The fraction of sp³-hybridized carbons (Fsp3) is 0.195. The van der Waals surface area contributed by atoms with Gasteiger partial charge in [0, 0.05) is 75.2 Å². The second-order valence-corrected chi connectivity index (χ2v) is 37.1. The van der Waals surface area contributed by atoms with Gasteiger partial charge in [0.25, 0.3) is 0 Å². The summed E-state index contributed by atoms with van der Waals surface area (Å²) in [6, 6.07) is 69.0. The summed E-state index contributed by atoms with van der Waals surface area (Å²) in [5.74, 6) is 0. The van der Waals surface area contributed by atoms with Gasteiger partial charge in [-0.3, -0.25) is 9.97 Å². The highest BCUT2D eigenvalue weighted by Crippen LogP contribution is 2.54. The van der Waals surface area contributed by atoms with E-state index in [1.54, 1.807) is 0 Å². The maximum atomic E-state index is 4.36. The first-order chi connectivity index (χ1) is 39.6. The maximum absolute atomic E-state index is 4.36. The summed E-state index contributed by atoms with van der Waals surface area (Å²) in [4.78, 5) is 13.5. The zero-order chi connectivity index (χ0) is 57.8. The van der Waals surface area contributed by atoms with Crippen LogP contribution < -0.4 is 20.2 Å². The average molecular weight is 1110 g/mol. The van der Waals surface area contributed by atoms with Crippen molar-refractivity contribution in [2.24, 2.45) is 0 Å². The lowest BCUT2D eigenvalue weighted by Gasteiger charge is -2.28. The second kappa shape index (κ2) is 19.9. The molecule has 2 aromatic heterocycles. The van der Waals surface area contributed by atoms with Gasteiger partial charge in [0.15, 0.2) is 0 Å². The molecular weight excluding hydrogens is 1040 g/mol. The summed E-state index contributed by atoms with van der Waals surface area (Å²) in [5, 5.41) is 2.91. The maximum Gasteiger partial charge on any atom is 0.0775 e. The van der Waals surface area contributed by atoms with Crippen LogP contribution in [0.25, 0.3) is 57.7 Å². The molecule has 0 fully saturated rings. The number of hydrogen-bond acceptors (Lipinski definition) is 4. The summed E-state index contributed by atoms with van der Waals surface area (Å²) in [5.41, 5.74) is 27.2. The van der Waals surface area contributed by atoms with E-state index < -0.39 is 16.1 Å². The molecule has 0 N–H and O–H groups in total. The molecular formula is C77H74N4Si2. The molecule has 410 valence electrons. The molecule has 0 spiro atoms. The van der Waals surface area contributed by atoms with Crippen molar-refractivity contribution in [1.82, 2.24) is 9.97 Å². The minimum absolute atomic E-state index is 0.155. The van der Waals surface area contributed by atoms with Crippen LogP contribution in [0.3, 0.4) is 0 Å². The summed E-state index contributed by atoms with van der Waals surface area (Å²) in [7, 11) is -2.89. The van der Waals surface area contributed by atoms with E-state index in [2.05, 4.69) is 307 Å². The van der Waals surface area contributed by atoms with E-state index in [-0.39, 0.29) is 16.2 Å². The van der Waals surface area contributed by atoms with Crippen LogP contribution in [-0.2, 0) is 16.2 Å². The van der Waals surface area contributed by atoms with Crippen LogP contribution >= 0.6 is 0 Å². The van der Waals surface area contributed by atoms with Gasteiger partial charge in [-0.05, 0) is 162 Å². The normalized spacial score (nSPS) is 14.9. The van der Waals surface area contributed by atoms with Crippen LogP contribution in [-0.4, -0.2) is 26.1 Å². The van der Waals surface area contributed by atoms with Crippen molar-refractivity contribution in [3.63, 3.8) is 0 Å². The number of hydrogen-bond donors (Lipinski definition) is 0. The van der Waals surface area contributed by atoms with Crippen LogP contribution in [0.1, 0.15) is 97.2 Å². The molecule has 0 bridgehead atoms. The number of fused-ring (bicyclic) bond motifs is 9. The van der Waals surface area contributed by atoms with Crippen LogP contribution in [0.2, 0.25) is 39.3 Å². The number of nitrogens with zero attached hydrogens (tertiary/aromatic N) is 4. The fourth-order valence-electron chi connectivity index (χ4n) is 13.4. The van der Waals surface area contributed by atoms with E-state index in [0.717, 1.165) is 34.1 Å². The summed E-state index contributed by atoms with van der Waals surface area (Å²) < 4.78 is 0. The number of pyridine rings is 2. The first kappa shape index (κ1) is 53.9. The van der Waals surface area contributed by atoms with E-state index in [1.165, 1.54) is 99.4 Å². The fourth-order valence-corrected chi connectivity index (χ4v) is 15.8. The molecule has 0 amide bonds. The number of rotatable bonds is 12. The highest BCUT2D eigenvalue weighted by molar-refractivity contribution is 6.89. The Hall–Kier alpha value is -8.43. The third-order valence-electron chi connectivity index (χ3n) is 18.4. The quantitative estimate of drug-likeness (QED) is 0.0901. The molecule has 0 unspecified atom stereocenters. The van der Waals surface area contributed by atoms with Crippen molar-refractivity contribution in [2.45, 2.75) is 97.1 Å². The average Bonchev–Trinajstić information content (AvgIpc) is 2.54. The van der Waals surface area contributed by atoms with E-state index in [4.69, 9.17) is 0 Å². The second-order valence-electron chi connectivity index (χ2n) is 26.9. The SMILES string of the molecule is CC1(C)c2cc(/C=C/c3ccc4c(c3)C(C)(C)c3cc(N(c5ccncc5)c5ccc([Si](C)(C)C)cc5)ccc3-4)ccc2-c2ccc(/C=C/c3ccc4c(c3)C(C)(C)c3cc(N(c5ccncc5)c5ccc([Si](C)(C)C)cc5)ccc3-4)cc21. The molecule has 6 heteroatoms. The lowest BCUT2D eigenvalue weighted by atomic mass is 9.81. The topological polar surface area (TPSA) is 32.3 Å². The minimum atomic E-state index is -1.45. The van der Waals surface area contributed by atoms with Crippen LogP contribution in [0, 0.1) is 0 Å². The Balaban J connectivity index is 0.724. The van der Waals surface area contributed by atoms with Gasteiger partial charge >= 0.3 is 0 Å². The molecule has 0 saturated heterocycles. The molecule has 10 aromatic rings. The molecule has 0 saturated carbocycles. The molecule has 2 heterocycles. The molecule has 83 heavy (non-hydrogen) atoms. The number of benzene rings is 8. The van der Waals surface area contributed by atoms with E-state index in [1.807, 2.05) is 24.8 Å². The number of anilines is 6. The van der Waals surface area contributed by atoms with E-state index in [9.17, 15) is 0 Å². The van der Waals surface area contributed by atoms with Gasteiger partial charge in [-0.2, -0.15) is 0 Å². The van der Waals surface area contributed by atoms with Crippen LogP contribution in [0.4, 0.5) is 34.1 Å². The molecule has 3 aliphatic rings. The van der Waals surface area contributed by atoms with Gasteiger partial charge < -0.3 is 9.80 Å². The smallest absolute Gasteiger partial charge is 0.0775 e. The Labute approximate surface area is 494 Å². The summed E-state index contributed by atoms with van der Waals surface area (Å²) in [6.45, 7) is 28.7. The Morgan fingerprint density at radius 1 is 0.277 bits per heavy atom. The monoisotopic (exact) mass is 1110 g/mol. The van der Waals surface area contributed by atoms with Gasteiger partial charge in [-0.25, -0.2) is 0 Å². The molecule has 0 radical (unpaired) electrons. The zero-order valence-electron chi connectivity index (χ0n) is 50.2. The molecule has 4 nitrogen and oxygen atoms in total. The Morgan fingerprint density at radius 3 is 0.771 bits per heavy atom. The third-order valence-corrected chi connectivity index (χ3v) is 22.5. The predicted molar refractivity (Wildman–Crippen MR) is 361 cm³/mol. The molecule has 3 aliphatic carbocycles. The van der Waals surface area contributed by atoms with Gasteiger partial charge in [0.1, 0.15) is 0 Å². The Kier molecular flexibility index (Phi) is 12.9. The molecule has 8 aromatic carbocycles. The molecule has 13 rings (SSSR count). The van der Waals surface area contributed by atoms with Crippen LogP contribution in [0.5, 0.6) is 0 Å². The van der Waals surface area contributed by atoms with Crippen molar-refractivity contribution in [2.75, 3.05) is 9.80 Å². The van der Waals surface area contributed by atoms with Gasteiger partial charge in [0.2, 0.25) is 0 Å². The zero-order valence-corrected chi connectivity index (χ0v) is 52.2. The first-order valence-electron chi connectivity index (χ1n) is 29.5. The third kappa shape index (κ3) is 9.46. The Morgan fingerprint density at radius 2 is 0.506 bits per heavy atom. The summed E-state index contributed by atoms with van der Waals surface area (Å²) in [6.07, 6.45) is 16.7. The Bertz CT molecular complexity index is 3960. The van der Waals surface area contributed by atoms with Crippen molar-refractivity contribution < 1.29 is 0 Å². The molecule has 0 aliphatic heterocycles. The molecule has 0 atom stereocenters. The van der Waals surface area contributed by atoms with Crippen LogP contribution in [0.15, 0.2) is 207 Å². The van der Waals surface area contributed by atoms with E-state index >= 15 is 0 Å². The van der Waals surface area contributed by atoms with Gasteiger partial charge in [-0.15, -0.1) is 0 Å². The highest BCUT2D eigenvalue weighted by atomic mass is 28.3. The minimum Gasteiger partial charge on any atom is -0.310 e. The number of aromatic nitrogens is 2.